The Morgan fingerprint density at radius 2 is 2.21 bits per heavy atom. The number of aliphatic carboxylic acids is 1. The van der Waals surface area contributed by atoms with Crippen molar-refractivity contribution >= 4 is 33.5 Å². The van der Waals surface area contributed by atoms with Crippen LogP contribution in [0.2, 0.25) is 0 Å². The topological polar surface area (TPSA) is 95.7 Å². The van der Waals surface area contributed by atoms with Crippen LogP contribution in [-0.4, -0.2) is 42.7 Å². The summed E-state index contributed by atoms with van der Waals surface area (Å²) >= 11 is 3.36. The van der Waals surface area contributed by atoms with Crippen LogP contribution in [0.1, 0.15) is 10.4 Å². The summed E-state index contributed by atoms with van der Waals surface area (Å²) in [6, 6.07) is 4.30. The highest BCUT2D eigenvalue weighted by atomic mass is 79.9. The maximum atomic E-state index is 11.3. The number of hydrogen-bond acceptors (Lipinski definition) is 4. The van der Waals surface area contributed by atoms with E-state index in [2.05, 4.69) is 21.2 Å². The fraction of sp³-hybridized carbons (Fsp3) is 0.333. The third-order valence-electron chi connectivity index (χ3n) is 3.07. The molecular weight excluding hydrogens is 314 g/mol. The third-order valence-corrected chi connectivity index (χ3v) is 3.71. The highest BCUT2D eigenvalue weighted by molar-refractivity contribution is 9.10. The number of nitrogens with zero attached hydrogens (tertiary/aromatic N) is 1. The molecule has 1 fully saturated rings. The number of benzene rings is 1. The summed E-state index contributed by atoms with van der Waals surface area (Å²) in [6.07, 6.45) is 0. The highest BCUT2D eigenvalue weighted by Crippen LogP contribution is 2.29. The summed E-state index contributed by atoms with van der Waals surface area (Å²) in [6.45, 7) is 1.69. The maximum absolute atomic E-state index is 11.3. The molecule has 19 heavy (non-hydrogen) atoms. The summed E-state index contributed by atoms with van der Waals surface area (Å²) < 4.78 is 0.664. The van der Waals surface area contributed by atoms with Crippen LogP contribution in [0.5, 0.6) is 0 Å². The molecule has 0 radical (unpaired) electrons. The lowest BCUT2D eigenvalue weighted by Crippen LogP contribution is -2.55. The van der Waals surface area contributed by atoms with Crippen LogP contribution in [0, 0.1) is 0 Å². The zero-order chi connectivity index (χ0) is 14.0. The normalized spacial score (nSPS) is 19.2. The zero-order valence-corrected chi connectivity index (χ0v) is 11.7. The van der Waals surface area contributed by atoms with Gasteiger partial charge in [-0.05, 0) is 34.1 Å². The Morgan fingerprint density at radius 1 is 1.47 bits per heavy atom. The van der Waals surface area contributed by atoms with Crippen LogP contribution >= 0.6 is 15.9 Å². The number of halogens is 1. The molecule has 4 N–H and O–H groups in total. The largest absolute Gasteiger partial charge is 0.480 e. The monoisotopic (exact) mass is 327 g/mol. The average Bonchev–Trinajstić information content (AvgIpc) is 2.38. The van der Waals surface area contributed by atoms with Gasteiger partial charge in [-0.15, -0.1) is 0 Å². The molecule has 2 rings (SSSR count). The Balaban J connectivity index is 2.34. The molecule has 0 aliphatic carbocycles. The molecule has 1 amide bonds. The lowest BCUT2D eigenvalue weighted by molar-refractivity contribution is -0.138. The van der Waals surface area contributed by atoms with Gasteiger partial charge in [-0.3, -0.25) is 4.79 Å². The van der Waals surface area contributed by atoms with E-state index in [4.69, 9.17) is 5.73 Å². The Hall–Kier alpha value is -1.60. The lowest BCUT2D eigenvalue weighted by atomic mass is 10.1. The van der Waals surface area contributed by atoms with Crippen molar-refractivity contribution in [1.82, 2.24) is 5.32 Å². The number of hydrogen-bond donors (Lipinski definition) is 3. The Morgan fingerprint density at radius 3 is 2.79 bits per heavy atom. The van der Waals surface area contributed by atoms with E-state index in [1.807, 2.05) is 0 Å². The van der Waals surface area contributed by atoms with E-state index < -0.39 is 17.9 Å². The number of carboxylic acids is 1. The van der Waals surface area contributed by atoms with Gasteiger partial charge in [-0.1, -0.05) is 0 Å². The highest BCUT2D eigenvalue weighted by Gasteiger charge is 2.29. The molecule has 1 aromatic rings. The number of carbonyl (C=O) groups excluding carboxylic acids is 1. The van der Waals surface area contributed by atoms with E-state index >= 15 is 0 Å². The van der Waals surface area contributed by atoms with Gasteiger partial charge in [-0.25, -0.2) is 4.79 Å². The average molecular weight is 328 g/mol. The van der Waals surface area contributed by atoms with Gasteiger partial charge in [0, 0.05) is 29.7 Å². The summed E-state index contributed by atoms with van der Waals surface area (Å²) in [4.78, 5) is 24.1. The van der Waals surface area contributed by atoms with Crippen LogP contribution in [0.25, 0.3) is 0 Å². The second kappa shape index (κ2) is 5.58. The first-order chi connectivity index (χ1) is 9.00. The number of primary amides is 1. The molecule has 0 bridgehead atoms. The summed E-state index contributed by atoms with van der Waals surface area (Å²) in [5.41, 5.74) is 6.34. The molecule has 1 heterocycles. The van der Waals surface area contributed by atoms with E-state index in [1.165, 1.54) is 0 Å². The summed E-state index contributed by atoms with van der Waals surface area (Å²) in [7, 11) is 0. The van der Waals surface area contributed by atoms with E-state index in [9.17, 15) is 14.7 Å². The van der Waals surface area contributed by atoms with Gasteiger partial charge < -0.3 is 21.1 Å². The van der Waals surface area contributed by atoms with Gasteiger partial charge >= 0.3 is 5.97 Å². The molecule has 6 nitrogen and oxygen atoms in total. The second-order valence-corrected chi connectivity index (χ2v) is 5.14. The lowest BCUT2D eigenvalue weighted by Gasteiger charge is -2.36. The number of carbonyl (C=O) groups is 2. The van der Waals surface area contributed by atoms with E-state index in [1.54, 1.807) is 23.1 Å². The third kappa shape index (κ3) is 2.87. The van der Waals surface area contributed by atoms with Crippen LogP contribution in [0.3, 0.4) is 0 Å². The number of piperazine rings is 1. The van der Waals surface area contributed by atoms with Crippen LogP contribution in [0.4, 0.5) is 5.69 Å². The van der Waals surface area contributed by atoms with Gasteiger partial charge in [0.05, 0.1) is 5.69 Å². The maximum Gasteiger partial charge on any atom is 0.327 e. The first-order valence-electron chi connectivity index (χ1n) is 5.80. The van der Waals surface area contributed by atoms with Gasteiger partial charge in [0.1, 0.15) is 6.04 Å². The van der Waals surface area contributed by atoms with Gasteiger partial charge in [0.2, 0.25) is 5.91 Å². The summed E-state index contributed by atoms with van der Waals surface area (Å²) in [5.74, 6) is -1.39. The molecule has 7 heteroatoms. The molecular formula is C12H14BrN3O3. The summed E-state index contributed by atoms with van der Waals surface area (Å²) in [5, 5.41) is 12.3. The molecule has 0 saturated carbocycles. The molecule has 1 aromatic carbocycles. The van der Waals surface area contributed by atoms with Gasteiger partial charge in [0.25, 0.3) is 0 Å². The van der Waals surface area contributed by atoms with Crippen molar-refractivity contribution in [2.45, 2.75) is 6.04 Å². The predicted octanol–water partition coefficient (Wildman–Crippen LogP) is 0.411. The van der Waals surface area contributed by atoms with Crippen molar-refractivity contribution < 1.29 is 14.7 Å². The van der Waals surface area contributed by atoms with Crippen molar-refractivity contribution in [2.24, 2.45) is 5.73 Å². The standard InChI is InChI=1S/C12H14BrN3O3/c13-8-5-7(11(14)17)1-2-9(8)16-4-3-15-6-10(16)12(18)19/h1-2,5,10,15H,3-4,6H2,(H2,14,17)(H,18,19). The van der Waals surface area contributed by atoms with Crippen LogP contribution in [0.15, 0.2) is 22.7 Å². The molecule has 1 aliphatic heterocycles. The smallest absolute Gasteiger partial charge is 0.327 e. The van der Waals surface area contributed by atoms with Crippen molar-refractivity contribution in [2.75, 3.05) is 24.5 Å². The predicted molar refractivity (Wildman–Crippen MR) is 74.3 cm³/mol. The van der Waals surface area contributed by atoms with Crippen LogP contribution < -0.4 is 16.0 Å². The number of nitrogens with two attached hydrogens (primary N) is 1. The minimum Gasteiger partial charge on any atom is -0.480 e. The van der Waals surface area contributed by atoms with Gasteiger partial charge in [0.15, 0.2) is 0 Å². The molecule has 1 atom stereocenters. The molecule has 0 spiro atoms. The Bertz CT molecular complexity index is 521. The van der Waals surface area contributed by atoms with Gasteiger partial charge in [-0.2, -0.15) is 0 Å². The molecule has 1 unspecified atom stereocenters. The Kier molecular flexibility index (Phi) is 4.06. The van der Waals surface area contributed by atoms with Crippen molar-refractivity contribution in [3.8, 4) is 0 Å². The van der Waals surface area contributed by atoms with E-state index in [0.29, 0.717) is 29.7 Å². The fourth-order valence-electron chi connectivity index (χ4n) is 2.11. The Labute approximate surface area is 118 Å². The van der Waals surface area contributed by atoms with Crippen LogP contribution in [-0.2, 0) is 4.79 Å². The van der Waals surface area contributed by atoms with E-state index in [0.717, 1.165) is 5.69 Å². The van der Waals surface area contributed by atoms with E-state index in [-0.39, 0.29) is 0 Å². The SMILES string of the molecule is NC(=O)c1ccc(N2CCNCC2C(=O)O)c(Br)c1. The first-order valence-corrected chi connectivity index (χ1v) is 6.59. The fourth-order valence-corrected chi connectivity index (χ4v) is 2.71. The van der Waals surface area contributed by atoms with Crippen molar-refractivity contribution in [1.29, 1.82) is 0 Å². The number of rotatable bonds is 3. The molecule has 0 aromatic heterocycles. The van der Waals surface area contributed by atoms with Crippen molar-refractivity contribution in [3.05, 3.63) is 28.2 Å². The first kappa shape index (κ1) is 13.8. The number of nitrogens with one attached hydrogen (secondary N) is 1. The quantitative estimate of drug-likeness (QED) is 0.747. The molecule has 102 valence electrons. The van der Waals surface area contributed by atoms with Crippen molar-refractivity contribution in [3.63, 3.8) is 0 Å². The molecule has 1 aliphatic rings. The minimum absolute atomic E-state index is 0.387. The molecule has 1 saturated heterocycles. The second-order valence-electron chi connectivity index (χ2n) is 4.28. The number of anilines is 1. The zero-order valence-electron chi connectivity index (χ0n) is 10.1. The number of amides is 1. The number of carboxylic acid groups (broad SMARTS) is 1. The minimum atomic E-state index is -0.877.